The average molecular weight is 260 g/mol. The Morgan fingerprint density at radius 3 is 2.47 bits per heavy atom. The van der Waals surface area contributed by atoms with Gasteiger partial charge in [-0.05, 0) is 19.1 Å². The molecule has 0 aromatic heterocycles. The summed E-state index contributed by atoms with van der Waals surface area (Å²) >= 11 is 0. The minimum absolute atomic E-state index is 0.476. The van der Waals surface area contributed by atoms with E-state index in [0.29, 0.717) is 0 Å². The number of benzene rings is 1. The fourth-order valence-electron chi connectivity index (χ4n) is 1.23. The quantitative estimate of drug-likeness (QED) is 0.814. The van der Waals surface area contributed by atoms with Crippen molar-refractivity contribution in [1.82, 2.24) is 10.0 Å². The number of hydrogen-bond acceptors (Lipinski definition) is 3. The second-order valence-electron chi connectivity index (χ2n) is 3.39. The summed E-state index contributed by atoms with van der Waals surface area (Å²) in [7, 11) is -2.65. The molecule has 17 heavy (non-hydrogen) atoms. The van der Waals surface area contributed by atoms with Crippen molar-refractivity contribution in [3.05, 3.63) is 30.1 Å². The molecule has 0 unspecified atom stereocenters. The molecule has 1 amide bonds. The predicted octanol–water partition coefficient (Wildman–Crippen LogP) is 0.238. The molecule has 0 aliphatic heterocycles. The summed E-state index contributed by atoms with van der Waals surface area (Å²) in [5, 5.41) is 2.29. The molecule has 1 aromatic rings. The standard InChI is InChI=1S/C10H13FN2O3S/c1-7(10(14)12-2)13-17(15,16)9-6-4-3-5-8(9)11/h3-7,13H,1-2H3,(H,12,14)/t7-/m0/s1. The third-order valence-corrected chi connectivity index (χ3v) is 3.67. The van der Waals surface area contributed by atoms with Crippen LogP contribution >= 0.6 is 0 Å². The van der Waals surface area contributed by atoms with Crippen molar-refractivity contribution in [2.24, 2.45) is 0 Å². The first-order valence-electron chi connectivity index (χ1n) is 4.87. The van der Waals surface area contributed by atoms with Crippen molar-refractivity contribution in [2.75, 3.05) is 7.05 Å². The normalized spacial score (nSPS) is 13.1. The molecule has 2 N–H and O–H groups in total. The molecular formula is C10H13FN2O3S. The van der Waals surface area contributed by atoms with Gasteiger partial charge >= 0.3 is 0 Å². The molecule has 0 spiro atoms. The maximum Gasteiger partial charge on any atom is 0.244 e. The molecule has 0 aliphatic rings. The SMILES string of the molecule is CNC(=O)[C@H](C)NS(=O)(=O)c1ccccc1F. The van der Waals surface area contributed by atoms with Crippen molar-refractivity contribution >= 4 is 15.9 Å². The Balaban J connectivity index is 2.98. The van der Waals surface area contributed by atoms with E-state index in [9.17, 15) is 17.6 Å². The topological polar surface area (TPSA) is 75.3 Å². The molecule has 1 atom stereocenters. The van der Waals surface area contributed by atoms with Crippen LogP contribution in [-0.4, -0.2) is 27.4 Å². The highest BCUT2D eigenvalue weighted by Crippen LogP contribution is 2.13. The molecule has 5 nitrogen and oxygen atoms in total. The van der Waals surface area contributed by atoms with Crippen LogP contribution in [0, 0.1) is 5.82 Å². The van der Waals surface area contributed by atoms with Crippen LogP contribution in [0.3, 0.4) is 0 Å². The molecular weight excluding hydrogens is 247 g/mol. The van der Waals surface area contributed by atoms with Gasteiger partial charge in [0.1, 0.15) is 10.7 Å². The molecule has 0 saturated heterocycles. The second kappa shape index (κ2) is 5.24. The van der Waals surface area contributed by atoms with Gasteiger partial charge in [0.2, 0.25) is 15.9 Å². The average Bonchev–Trinajstić information content (AvgIpc) is 2.27. The number of likely N-dealkylation sites (N-methyl/N-ethyl adjacent to an activating group) is 1. The fraction of sp³-hybridized carbons (Fsp3) is 0.300. The van der Waals surface area contributed by atoms with Gasteiger partial charge in [-0.25, -0.2) is 12.8 Å². The van der Waals surface area contributed by atoms with E-state index in [-0.39, 0.29) is 0 Å². The summed E-state index contributed by atoms with van der Waals surface area (Å²) in [6, 6.07) is 4.00. The molecule has 0 fully saturated rings. The van der Waals surface area contributed by atoms with E-state index < -0.39 is 32.7 Å². The smallest absolute Gasteiger partial charge is 0.244 e. The Kier molecular flexibility index (Phi) is 4.19. The van der Waals surface area contributed by atoms with Crippen LogP contribution in [0.1, 0.15) is 6.92 Å². The van der Waals surface area contributed by atoms with E-state index in [1.165, 1.54) is 26.1 Å². The Hall–Kier alpha value is -1.47. The van der Waals surface area contributed by atoms with Gasteiger partial charge in [0, 0.05) is 7.05 Å². The fourth-order valence-corrected chi connectivity index (χ4v) is 2.51. The highest BCUT2D eigenvalue weighted by Gasteiger charge is 2.23. The summed E-state index contributed by atoms with van der Waals surface area (Å²) in [5.74, 6) is -1.35. The number of hydrogen-bond donors (Lipinski definition) is 2. The van der Waals surface area contributed by atoms with E-state index in [4.69, 9.17) is 0 Å². The van der Waals surface area contributed by atoms with Gasteiger partial charge in [0.15, 0.2) is 0 Å². The molecule has 0 bridgehead atoms. The zero-order valence-electron chi connectivity index (χ0n) is 9.40. The molecule has 7 heteroatoms. The van der Waals surface area contributed by atoms with Crippen molar-refractivity contribution in [2.45, 2.75) is 17.9 Å². The summed E-state index contributed by atoms with van der Waals surface area (Å²) < 4.78 is 38.9. The first kappa shape index (κ1) is 13.6. The second-order valence-corrected chi connectivity index (χ2v) is 5.07. The van der Waals surface area contributed by atoms with Crippen LogP contribution in [-0.2, 0) is 14.8 Å². The van der Waals surface area contributed by atoms with Crippen LogP contribution in [0.2, 0.25) is 0 Å². The maximum atomic E-state index is 13.3. The highest BCUT2D eigenvalue weighted by atomic mass is 32.2. The third kappa shape index (κ3) is 3.24. The van der Waals surface area contributed by atoms with Crippen LogP contribution in [0.25, 0.3) is 0 Å². The van der Waals surface area contributed by atoms with Crippen LogP contribution < -0.4 is 10.0 Å². The number of sulfonamides is 1. The van der Waals surface area contributed by atoms with E-state index >= 15 is 0 Å². The van der Waals surface area contributed by atoms with Crippen molar-refractivity contribution in [3.8, 4) is 0 Å². The van der Waals surface area contributed by atoms with Crippen LogP contribution in [0.4, 0.5) is 4.39 Å². The van der Waals surface area contributed by atoms with Gasteiger partial charge in [0.05, 0.1) is 6.04 Å². The molecule has 0 saturated carbocycles. The molecule has 94 valence electrons. The number of rotatable bonds is 4. The number of carbonyl (C=O) groups excluding carboxylic acids is 1. The zero-order chi connectivity index (χ0) is 13.1. The Morgan fingerprint density at radius 1 is 1.35 bits per heavy atom. The van der Waals surface area contributed by atoms with E-state index in [1.54, 1.807) is 0 Å². The molecule has 1 aromatic carbocycles. The minimum Gasteiger partial charge on any atom is -0.358 e. The first-order valence-corrected chi connectivity index (χ1v) is 6.35. The monoisotopic (exact) mass is 260 g/mol. The van der Waals surface area contributed by atoms with Gasteiger partial charge < -0.3 is 5.32 Å². The first-order chi connectivity index (χ1) is 7.88. The van der Waals surface area contributed by atoms with Gasteiger partial charge in [0.25, 0.3) is 0 Å². The predicted molar refractivity (Wildman–Crippen MR) is 60.3 cm³/mol. The van der Waals surface area contributed by atoms with Crippen molar-refractivity contribution in [3.63, 3.8) is 0 Å². The lowest BCUT2D eigenvalue weighted by Gasteiger charge is -2.13. The lowest BCUT2D eigenvalue weighted by Crippen LogP contribution is -2.43. The largest absolute Gasteiger partial charge is 0.358 e. The molecule has 0 radical (unpaired) electrons. The summed E-state index contributed by atoms with van der Waals surface area (Å²) in [4.78, 5) is 10.7. The molecule has 0 aliphatic carbocycles. The number of amides is 1. The number of nitrogens with one attached hydrogen (secondary N) is 2. The maximum absolute atomic E-state index is 13.3. The van der Waals surface area contributed by atoms with Crippen molar-refractivity contribution in [1.29, 1.82) is 0 Å². The zero-order valence-corrected chi connectivity index (χ0v) is 10.2. The lowest BCUT2D eigenvalue weighted by molar-refractivity contribution is -0.121. The van der Waals surface area contributed by atoms with E-state index in [2.05, 4.69) is 10.0 Å². The highest BCUT2D eigenvalue weighted by molar-refractivity contribution is 7.89. The minimum atomic E-state index is -4.03. The van der Waals surface area contributed by atoms with Crippen LogP contribution in [0.5, 0.6) is 0 Å². The lowest BCUT2D eigenvalue weighted by atomic mass is 10.3. The molecule has 0 heterocycles. The van der Waals surface area contributed by atoms with E-state index in [1.807, 2.05) is 0 Å². The Morgan fingerprint density at radius 2 is 1.94 bits per heavy atom. The summed E-state index contributed by atoms with van der Waals surface area (Å²) in [5.41, 5.74) is 0. The van der Waals surface area contributed by atoms with Gasteiger partial charge in [-0.3, -0.25) is 4.79 Å². The van der Waals surface area contributed by atoms with Gasteiger partial charge in [-0.1, -0.05) is 12.1 Å². The summed E-state index contributed by atoms with van der Waals surface area (Å²) in [6.07, 6.45) is 0. The summed E-state index contributed by atoms with van der Waals surface area (Å²) in [6.45, 7) is 1.37. The Labute approximate surface area is 99.1 Å². The van der Waals surface area contributed by atoms with Crippen LogP contribution in [0.15, 0.2) is 29.2 Å². The van der Waals surface area contributed by atoms with E-state index in [0.717, 1.165) is 12.1 Å². The van der Waals surface area contributed by atoms with Gasteiger partial charge in [-0.2, -0.15) is 4.72 Å². The van der Waals surface area contributed by atoms with Gasteiger partial charge in [-0.15, -0.1) is 0 Å². The third-order valence-electron chi connectivity index (χ3n) is 2.10. The van der Waals surface area contributed by atoms with Crippen molar-refractivity contribution < 1.29 is 17.6 Å². The number of carbonyl (C=O) groups is 1. The molecule has 1 rings (SSSR count). The number of halogens is 1. The Bertz CT molecular complexity index is 516.